The lowest BCUT2D eigenvalue weighted by atomic mass is 9.64. The zero-order chi connectivity index (χ0) is 12.6. The highest BCUT2D eigenvalue weighted by Crippen LogP contribution is 2.47. The molecule has 1 fully saturated rings. The summed E-state index contributed by atoms with van der Waals surface area (Å²) in [5, 5.41) is 9.40. The molecule has 1 aliphatic carbocycles. The average Bonchev–Trinajstić information content (AvgIpc) is 2.17. The Labute approximate surface area is 99.9 Å². The van der Waals surface area contributed by atoms with Crippen molar-refractivity contribution in [2.75, 3.05) is 19.0 Å². The van der Waals surface area contributed by atoms with Crippen LogP contribution in [-0.2, 0) is 10.2 Å². The Morgan fingerprint density at radius 3 is 2.47 bits per heavy atom. The van der Waals surface area contributed by atoms with Gasteiger partial charge in [0.05, 0.1) is 5.41 Å². The number of carbonyl (C=O) groups is 1. The van der Waals surface area contributed by atoms with Gasteiger partial charge in [-0.05, 0) is 30.5 Å². The monoisotopic (exact) mass is 237 g/mol. The smallest absolute Gasteiger partial charge is 0.314 e. The van der Waals surface area contributed by atoms with Crippen LogP contribution >= 0.6 is 0 Å². The van der Waals surface area contributed by atoms with E-state index < -0.39 is 11.4 Å². The average molecular weight is 237 g/mol. The molecule has 0 bridgehead atoms. The molecular formula is C13H16FNO2. The third kappa shape index (κ3) is 1.77. The zero-order valence-electron chi connectivity index (χ0n) is 10.0. The van der Waals surface area contributed by atoms with E-state index >= 15 is 0 Å². The molecule has 0 amide bonds. The van der Waals surface area contributed by atoms with Crippen molar-refractivity contribution in [2.24, 2.45) is 0 Å². The number of carboxylic acid groups (broad SMARTS) is 1. The second-order valence-electron chi connectivity index (χ2n) is 4.80. The standard InChI is InChI=1S/C13H16FNO2/c1-15(2)11-8-9(14)4-5-10(11)13(12(16)17)6-3-7-13/h4-5,8H,3,6-7H2,1-2H3,(H,16,17). The Bertz CT molecular complexity index is 453. The van der Waals surface area contributed by atoms with E-state index in [4.69, 9.17) is 0 Å². The van der Waals surface area contributed by atoms with E-state index in [0.29, 0.717) is 18.5 Å². The lowest BCUT2D eigenvalue weighted by molar-refractivity contribution is -0.147. The molecule has 0 heterocycles. The molecule has 0 aliphatic heterocycles. The van der Waals surface area contributed by atoms with Gasteiger partial charge in [0, 0.05) is 19.8 Å². The highest BCUT2D eigenvalue weighted by molar-refractivity contribution is 5.85. The van der Waals surface area contributed by atoms with Gasteiger partial charge in [-0.25, -0.2) is 4.39 Å². The quantitative estimate of drug-likeness (QED) is 0.877. The van der Waals surface area contributed by atoms with E-state index in [9.17, 15) is 14.3 Å². The summed E-state index contributed by atoms with van der Waals surface area (Å²) < 4.78 is 13.2. The Morgan fingerprint density at radius 1 is 1.41 bits per heavy atom. The molecule has 1 N–H and O–H groups in total. The second kappa shape index (κ2) is 4.02. The number of carboxylic acids is 1. The molecule has 1 aromatic rings. The van der Waals surface area contributed by atoms with Crippen molar-refractivity contribution >= 4 is 11.7 Å². The molecule has 92 valence electrons. The van der Waals surface area contributed by atoms with E-state index in [-0.39, 0.29) is 5.82 Å². The van der Waals surface area contributed by atoms with Crippen molar-refractivity contribution in [3.05, 3.63) is 29.6 Å². The minimum absolute atomic E-state index is 0.336. The highest BCUT2D eigenvalue weighted by atomic mass is 19.1. The van der Waals surface area contributed by atoms with E-state index in [1.165, 1.54) is 12.1 Å². The first kappa shape index (κ1) is 11.9. The minimum atomic E-state index is -0.812. The number of nitrogens with zero attached hydrogens (tertiary/aromatic N) is 1. The van der Waals surface area contributed by atoms with Crippen LogP contribution in [0.4, 0.5) is 10.1 Å². The van der Waals surface area contributed by atoms with Crippen molar-refractivity contribution in [1.29, 1.82) is 0 Å². The first-order valence-corrected chi connectivity index (χ1v) is 5.68. The molecule has 2 rings (SSSR count). The fraction of sp³-hybridized carbons (Fsp3) is 0.462. The van der Waals surface area contributed by atoms with Crippen LogP contribution in [0.3, 0.4) is 0 Å². The summed E-state index contributed by atoms with van der Waals surface area (Å²) in [4.78, 5) is 13.2. The Morgan fingerprint density at radius 2 is 2.06 bits per heavy atom. The summed E-state index contributed by atoms with van der Waals surface area (Å²) in [7, 11) is 3.60. The molecule has 1 aliphatic rings. The summed E-state index contributed by atoms with van der Waals surface area (Å²) in [6, 6.07) is 4.35. The fourth-order valence-corrected chi connectivity index (χ4v) is 2.41. The van der Waals surface area contributed by atoms with Gasteiger partial charge >= 0.3 is 5.97 Å². The third-order valence-electron chi connectivity index (χ3n) is 3.57. The van der Waals surface area contributed by atoms with Crippen LogP contribution in [0.1, 0.15) is 24.8 Å². The molecule has 1 saturated carbocycles. The predicted octanol–water partition coefficient (Wildman–Crippen LogP) is 2.40. The Kier molecular flexibility index (Phi) is 2.81. The fourth-order valence-electron chi connectivity index (χ4n) is 2.41. The molecule has 0 aromatic heterocycles. The number of benzene rings is 1. The summed E-state index contributed by atoms with van der Waals surface area (Å²) in [5.74, 6) is -1.14. The predicted molar refractivity (Wildman–Crippen MR) is 63.9 cm³/mol. The van der Waals surface area contributed by atoms with Gasteiger partial charge in [-0.3, -0.25) is 4.79 Å². The molecule has 0 saturated heterocycles. The maximum atomic E-state index is 13.2. The van der Waals surface area contributed by atoms with Gasteiger partial charge in [0.15, 0.2) is 0 Å². The van der Waals surface area contributed by atoms with Crippen molar-refractivity contribution in [3.63, 3.8) is 0 Å². The molecule has 0 radical (unpaired) electrons. The van der Waals surface area contributed by atoms with E-state index in [1.54, 1.807) is 25.1 Å². The van der Waals surface area contributed by atoms with Crippen molar-refractivity contribution in [1.82, 2.24) is 0 Å². The topological polar surface area (TPSA) is 40.5 Å². The molecule has 0 spiro atoms. The Balaban J connectivity index is 2.54. The number of rotatable bonds is 3. The van der Waals surface area contributed by atoms with Crippen molar-refractivity contribution in [3.8, 4) is 0 Å². The van der Waals surface area contributed by atoms with E-state index in [2.05, 4.69) is 0 Å². The van der Waals surface area contributed by atoms with Gasteiger partial charge in [0.2, 0.25) is 0 Å². The molecular weight excluding hydrogens is 221 g/mol. The lowest BCUT2D eigenvalue weighted by Gasteiger charge is -2.40. The van der Waals surface area contributed by atoms with Crippen LogP contribution in [0.5, 0.6) is 0 Å². The lowest BCUT2D eigenvalue weighted by Crippen LogP contribution is -2.43. The SMILES string of the molecule is CN(C)c1cc(F)ccc1C1(C(=O)O)CCC1. The van der Waals surface area contributed by atoms with Gasteiger partial charge in [0.1, 0.15) is 5.82 Å². The number of hydrogen-bond donors (Lipinski definition) is 1. The Hall–Kier alpha value is -1.58. The zero-order valence-corrected chi connectivity index (χ0v) is 10.0. The number of anilines is 1. The molecule has 17 heavy (non-hydrogen) atoms. The third-order valence-corrected chi connectivity index (χ3v) is 3.57. The van der Waals surface area contributed by atoms with Crippen LogP contribution in [0.2, 0.25) is 0 Å². The molecule has 3 nitrogen and oxygen atoms in total. The first-order chi connectivity index (χ1) is 7.97. The number of aliphatic carboxylic acids is 1. The van der Waals surface area contributed by atoms with Crippen LogP contribution in [0, 0.1) is 5.82 Å². The maximum Gasteiger partial charge on any atom is 0.314 e. The largest absolute Gasteiger partial charge is 0.481 e. The molecule has 4 heteroatoms. The van der Waals surface area contributed by atoms with Crippen LogP contribution < -0.4 is 4.90 Å². The van der Waals surface area contributed by atoms with Crippen LogP contribution in [0.15, 0.2) is 18.2 Å². The summed E-state index contributed by atoms with van der Waals surface area (Å²) in [6.07, 6.45) is 2.18. The molecule has 1 aromatic carbocycles. The van der Waals surface area contributed by atoms with Gasteiger partial charge in [-0.1, -0.05) is 12.5 Å². The summed E-state index contributed by atoms with van der Waals surface area (Å²) in [5.41, 5.74) is 0.572. The highest BCUT2D eigenvalue weighted by Gasteiger charge is 2.47. The summed E-state index contributed by atoms with van der Waals surface area (Å²) >= 11 is 0. The van der Waals surface area contributed by atoms with Gasteiger partial charge in [0.25, 0.3) is 0 Å². The number of hydrogen-bond acceptors (Lipinski definition) is 2. The maximum absolute atomic E-state index is 13.2. The van der Waals surface area contributed by atoms with Gasteiger partial charge < -0.3 is 10.0 Å². The minimum Gasteiger partial charge on any atom is -0.481 e. The first-order valence-electron chi connectivity index (χ1n) is 5.68. The van der Waals surface area contributed by atoms with Crippen LogP contribution in [0.25, 0.3) is 0 Å². The van der Waals surface area contributed by atoms with E-state index in [0.717, 1.165) is 12.0 Å². The van der Waals surface area contributed by atoms with Crippen LogP contribution in [-0.4, -0.2) is 25.2 Å². The normalized spacial score (nSPS) is 17.4. The molecule has 0 unspecified atom stereocenters. The van der Waals surface area contributed by atoms with Gasteiger partial charge in [-0.2, -0.15) is 0 Å². The van der Waals surface area contributed by atoms with E-state index in [1.807, 2.05) is 0 Å². The second-order valence-corrected chi connectivity index (χ2v) is 4.80. The van der Waals surface area contributed by atoms with Gasteiger partial charge in [-0.15, -0.1) is 0 Å². The molecule has 0 atom stereocenters. The summed E-state index contributed by atoms with van der Waals surface area (Å²) in [6.45, 7) is 0. The van der Waals surface area contributed by atoms with Crippen molar-refractivity contribution in [2.45, 2.75) is 24.7 Å². The van der Waals surface area contributed by atoms with Crippen molar-refractivity contribution < 1.29 is 14.3 Å². The number of halogens is 1.